The monoisotopic (exact) mass is 392 g/mol. The van der Waals surface area contributed by atoms with Crippen molar-refractivity contribution in [3.8, 4) is 22.7 Å². The van der Waals surface area contributed by atoms with Crippen LogP contribution in [-0.4, -0.2) is 40.3 Å². The molecule has 1 aliphatic heterocycles. The van der Waals surface area contributed by atoms with E-state index in [1.165, 1.54) is 0 Å². The summed E-state index contributed by atoms with van der Waals surface area (Å²) in [4.78, 5) is 17.3. The standard InChI is InChI=1S/C21H20N4O2S/c1-14-6-8-16(9-7-14)25-13-18(20(26)23-21-22-10-11-28-21)19(24-25)15-4-3-5-17(12-15)27-2/h3-9,12-13H,10-11H2,1-2H3,(H,22,23,26). The van der Waals surface area contributed by atoms with Crippen molar-refractivity contribution in [1.29, 1.82) is 0 Å². The summed E-state index contributed by atoms with van der Waals surface area (Å²) in [6.45, 7) is 2.76. The van der Waals surface area contributed by atoms with Crippen molar-refractivity contribution in [3.05, 3.63) is 65.9 Å². The van der Waals surface area contributed by atoms with E-state index < -0.39 is 0 Å². The van der Waals surface area contributed by atoms with E-state index >= 15 is 0 Å². The van der Waals surface area contributed by atoms with Gasteiger partial charge in [0.05, 0.1) is 24.9 Å². The smallest absolute Gasteiger partial charge is 0.261 e. The number of hydrogen-bond donors (Lipinski definition) is 1. The molecule has 0 atom stereocenters. The Morgan fingerprint density at radius 2 is 2.04 bits per heavy atom. The zero-order valence-electron chi connectivity index (χ0n) is 15.7. The Morgan fingerprint density at radius 3 is 2.75 bits per heavy atom. The summed E-state index contributed by atoms with van der Waals surface area (Å²) in [6, 6.07) is 15.6. The summed E-state index contributed by atoms with van der Waals surface area (Å²) < 4.78 is 7.06. The Labute approximate surface area is 167 Å². The van der Waals surface area contributed by atoms with Crippen LogP contribution in [0.3, 0.4) is 0 Å². The minimum atomic E-state index is -0.218. The first-order valence-corrected chi connectivity index (χ1v) is 9.92. The number of aromatic nitrogens is 2. The second-order valence-corrected chi connectivity index (χ2v) is 7.48. The van der Waals surface area contributed by atoms with Crippen LogP contribution in [0.5, 0.6) is 5.75 Å². The molecule has 1 amide bonds. The minimum absolute atomic E-state index is 0.218. The molecule has 0 fully saturated rings. The molecule has 4 rings (SSSR count). The van der Waals surface area contributed by atoms with E-state index in [1.807, 2.05) is 55.5 Å². The maximum absolute atomic E-state index is 13.0. The number of thioether (sulfide) groups is 1. The summed E-state index contributed by atoms with van der Waals surface area (Å²) in [7, 11) is 1.62. The SMILES string of the molecule is COc1cccc(-c2nn(-c3ccc(C)cc3)cc2C(=O)NC2=NCCS2)c1. The van der Waals surface area contributed by atoms with Gasteiger partial charge in [0.1, 0.15) is 11.4 Å². The maximum atomic E-state index is 13.0. The van der Waals surface area contributed by atoms with Gasteiger partial charge in [-0.25, -0.2) is 4.68 Å². The molecule has 0 saturated heterocycles. The lowest BCUT2D eigenvalue weighted by Gasteiger charge is -2.06. The largest absolute Gasteiger partial charge is 0.497 e. The molecule has 0 saturated carbocycles. The molecule has 6 nitrogen and oxygen atoms in total. The van der Waals surface area contributed by atoms with Gasteiger partial charge in [-0.05, 0) is 31.2 Å². The lowest BCUT2D eigenvalue weighted by Crippen LogP contribution is -2.27. The van der Waals surface area contributed by atoms with Crippen molar-refractivity contribution in [2.45, 2.75) is 6.92 Å². The van der Waals surface area contributed by atoms with Crippen LogP contribution in [0.4, 0.5) is 0 Å². The minimum Gasteiger partial charge on any atom is -0.497 e. The van der Waals surface area contributed by atoms with Crippen molar-refractivity contribution in [2.24, 2.45) is 4.99 Å². The van der Waals surface area contributed by atoms with Gasteiger partial charge in [-0.3, -0.25) is 9.79 Å². The number of carbonyl (C=O) groups excluding carboxylic acids is 1. The molecule has 1 N–H and O–H groups in total. The molecule has 1 aliphatic rings. The van der Waals surface area contributed by atoms with Crippen LogP contribution in [0.15, 0.2) is 59.7 Å². The topological polar surface area (TPSA) is 68.5 Å². The highest BCUT2D eigenvalue weighted by atomic mass is 32.2. The van der Waals surface area contributed by atoms with E-state index in [4.69, 9.17) is 9.84 Å². The van der Waals surface area contributed by atoms with Crippen LogP contribution >= 0.6 is 11.8 Å². The summed E-state index contributed by atoms with van der Waals surface area (Å²) >= 11 is 1.55. The summed E-state index contributed by atoms with van der Waals surface area (Å²) in [5, 5.41) is 8.26. The number of nitrogens with zero attached hydrogens (tertiary/aromatic N) is 3. The van der Waals surface area contributed by atoms with Gasteiger partial charge in [-0.1, -0.05) is 41.6 Å². The third kappa shape index (κ3) is 3.80. The third-order valence-electron chi connectivity index (χ3n) is 4.41. The van der Waals surface area contributed by atoms with Gasteiger partial charge in [-0.15, -0.1) is 0 Å². The molecule has 0 radical (unpaired) electrons. The van der Waals surface area contributed by atoms with E-state index in [0.717, 1.165) is 29.1 Å². The van der Waals surface area contributed by atoms with Crippen LogP contribution < -0.4 is 10.1 Å². The number of nitrogens with one attached hydrogen (secondary N) is 1. The van der Waals surface area contributed by atoms with Gasteiger partial charge in [0.25, 0.3) is 5.91 Å². The Balaban J connectivity index is 1.77. The zero-order chi connectivity index (χ0) is 19.5. The number of rotatable bonds is 4. The number of carbonyl (C=O) groups is 1. The molecule has 2 heterocycles. The summed E-state index contributed by atoms with van der Waals surface area (Å²) in [5.74, 6) is 1.38. The molecule has 28 heavy (non-hydrogen) atoms. The average Bonchev–Trinajstić information content (AvgIpc) is 3.38. The number of hydrogen-bond acceptors (Lipinski definition) is 5. The molecule has 0 spiro atoms. The van der Waals surface area contributed by atoms with E-state index in [1.54, 1.807) is 29.8 Å². The zero-order valence-corrected chi connectivity index (χ0v) is 16.5. The Kier molecular flexibility index (Phi) is 5.16. The van der Waals surface area contributed by atoms with Crippen molar-refractivity contribution >= 4 is 22.8 Å². The van der Waals surface area contributed by atoms with Crippen molar-refractivity contribution in [2.75, 3.05) is 19.4 Å². The van der Waals surface area contributed by atoms with Gasteiger partial charge in [-0.2, -0.15) is 5.10 Å². The predicted octanol–water partition coefficient (Wildman–Crippen LogP) is 3.69. The van der Waals surface area contributed by atoms with Crippen molar-refractivity contribution < 1.29 is 9.53 Å². The number of amidine groups is 1. The molecular formula is C21H20N4O2S. The van der Waals surface area contributed by atoms with E-state index in [-0.39, 0.29) is 5.91 Å². The van der Waals surface area contributed by atoms with Crippen LogP contribution in [-0.2, 0) is 0 Å². The van der Waals surface area contributed by atoms with E-state index in [0.29, 0.717) is 22.2 Å². The van der Waals surface area contributed by atoms with Crippen molar-refractivity contribution in [1.82, 2.24) is 15.1 Å². The highest BCUT2D eigenvalue weighted by Crippen LogP contribution is 2.27. The molecule has 3 aromatic rings. The second kappa shape index (κ2) is 7.90. The normalized spacial score (nSPS) is 13.3. The highest BCUT2D eigenvalue weighted by molar-refractivity contribution is 8.14. The summed E-state index contributed by atoms with van der Waals surface area (Å²) in [5.41, 5.74) is 3.96. The first-order chi connectivity index (χ1) is 13.6. The van der Waals surface area contributed by atoms with Gasteiger partial charge >= 0.3 is 0 Å². The first-order valence-electron chi connectivity index (χ1n) is 8.94. The molecule has 2 aromatic carbocycles. The number of aryl methyl sites for hydroxylation is 1. The fourth-order valence-electron chi connectivity index (χ4n) is 2.93. The first kappa shape index (κ1) is 18.3. The maximum Gasteiger partial charge on any atom is 0.261 e. The number of ether oxygens (including phenoxy) is 1. The lowest BCUT2D eigenvalue weighted by atomic mass is 10.1. The van der Waals surface area contributed by atoms with Gasteiger partial charge < -0.3 is 10.1 Å². The number of benzene rings is 2. The molecule has 0 aliphatic carbocycles. The van der Waals surface area contributed by atoms with Crippen LogP contribution in [0.25, 0.3) is 16.9 Å². The predicted molar refractivity (Wildman–Crippen MR) is 113 cm³/mol. The fourth-order valence-corrected chi connectivity index (χ4v) is 3.65. The molecule has 0 bridgehead atoms. The molecule has 7 heteroatoms. The van der Waals surface area contributed by atoms with E-state index in [2.05, 4.69) is 10.3 Å². The Morgan fingerprint density at radius 1 is 1.21 bits per heavy atom. The second-order valence-electron chi connectivity index (χ2n) is 6.39. The van der Waals surface area contributed by atoms with Crippen molar-refractivity contribution in [3.63, 3.8) is 0 Å². The molecule has 1 aromatic heterocycles. The highest BCUT2D eigenvalue weighted by Gasteiger charge is 2.21. The van der Waals surface area contributed by atoms with Gasteiger partial charge in [0, 0.05) is 17.5 Å². The van der Waals surface area contributed by atoms with Gasteiger partial charge in [0.2, 0.25) is 0 Å². The molecular weight excluding hydrogens is 372 g/mol. The quantitative estimate of drug-likeness (QED) is 0.735. The average molecular weight is 392 g/mol. The van der Waals surface area contributed by atoms with Crippen LogP contribution in [0.1, 0.15) is 15.9 Å². The third-order valence-corrected chi connectivity index (χ3v) is 5.30. The number of amides is 1. The number of aliphatic imine (C=N–C) groups is 1. The number of methoxy groups -OCH3 is 1. The van der Waals surface area contributed by atoms with E-state index in [9.17, 15) is 4.79 Å². The Hall–Kier alpha value is -3.06. The van der Waals surface area contributed by atoms with Crippen LogP contribution in [0, 0.1) is 6.92 Å². The molecule has 0 unspecified atom stereocenters. The fraction of sp³-hybridized carbons (Fsp3) is 0.190. The Bertz CT molecular complexity index is 1040. The summed E-state index contributed by atoms with van der Waals surface area (Å²) in [6.07, 6.45) is 1.76. The van der Waals surface area contributed by atoms with Gasteiger partial charge in [0.15, 0.2) is 5.17 Å². The molecule has 142 valence electrons. The van der Waals surface area contributed by atoms with Crippen LogP contribution in [0.2, 0.25) is 0 Å². The lowest BCUT2D eigenvalue weighted by molar-refractivity contribution is 0.0978.